The molecule has 5 nitrogen and oxygen atoms in total. The zero-order valence-electron chi connectivity index (χ0n) is 13.0. The second kappa shape index (κ2) is 6.93. The van der Waals surface area contributed by atoms with Gasteiger partial charge >= 0.3 is 0 Å². The minimum atomic E-state index is -0.584. The number of aryl methyl sites for hydroxylation is 1. The van der Waals surface area contributed by atoms with E-state index in [1.54, 1.807) is 37.4 Å². The SMILES string of the molecule is CCOc1ccc(NC(=O)C(C)n2ccc(C)cc2=O)cc1. The largest absolute Gasteiger partial charge is 0.494 e. The lowest BCUT2D eigenvalue weighted by Crippen LogP contribution is -2.31. The zero-order chi connectivity index (χ0) is 16.1. The van der Waals surface area contributed by atoms with E-state index < -0.39 is 6.04 Å². The number of anilines is 1. The summed E-state index contributed by atoms with van der Waals surface area (Å²) in [6.07, 6.45) is 1.64. The molecule has 1 atom stereocenters. The molecule has 0 aliphatic heterocycles. The maximum absolute atomic E-state index is 12.3. The topological polar surface area (TPSA) is 60.3 Å². The predicted molar refractivity (Wildman–Crippen MR) is 86.4 cm³/mol. The van der Waals surface area contributed by atoms with E-state index in [0.717, 1.165) is 11.3 Å². The molecule has 1 N–H and O–H groups in total. The third-order valence-electron chi connectivity index (χ3n) is 3.33. The minimum Gasteiger partial charge on any atom is -0.494 e. The number of carbonyl (C=O) groups excluding carboxylic acids is 1. The average Bonchev–Trinajstić information content (AvgIpc) is 2.49. The number of nitrogens with zero attached hydrogens (tertiary/aromatic N) is 1. The molecule has 2 rings (SSSR count). The summed E-state index contributed by atoms with van der Waals surface area (Å²) < 4.78 is 6.76. The summed E-state index contributed by atoms with van der Waals surface area (Å²) in [5.74, 6) is 0.512. The van der Waals surface area contributed by atoms with Crippen molar-refractivity contribution in [1.29, 1.82) is 0 Å². The summed E-state index contributed by atoms with van der Waals surface area (Å²) in [6, 6.07) is 9.87. The van der Waals surface area contributed by atoms with E-state index in [-0.39, 0.29) is 11.5 Å². The minimum absolute atomic E-state index is 0.186. The Balaban J connectivity index is 2.09. The van der Waals surface area contributed by atoms with Crippen LogP contribution in [-0.4, -0.2) is 17.1 Å². The molecule has 1 unspecified atom stereocenters. The Labute approximate surface area is 129 Å². The van der Waals surface area contributed by atoms with Crippen molar-refractivity contribution in [2.45, 2.75) is 26.8 Å². The fraction of sp³-hybridized carbons (Fsp3) is 0.294. The number of pyridine rings is 1. The molecule has 0 aliphatic carbocycles. The number of aromatic nitrogens is 1. The zero-order valence-corrected chi connectivity index (χ0v) is 13.0. The summed E-state index contributed by atoms with van der Waals surface area (Å²) in [4.78, 5) is 24.2. The first-order chi connectivity index (χ1) is 10.5. The molecule has 1 amide bonds. The van der Waals surface area contributed by atoms with Crippen molar-refractivity contribution in [3.05, 3.63) is 58.5 Å². The van der Waals surface area contributed by atoms with Crippen molar-refractivity contribution in [2.24, 2.45) is 0 Å². The van der Waals surface area contributed by atoms with Gasteiger partial charge < -0.3 is 14.6 Å². The Morgan fingerprint density at radius 3 is 2.55 bits per heavy atom. The highest BCUT2D eigenvalue weighted by atomic mass is 16.5. The molecule has 0 spiro atoms. The van der Waals surface area contributed by atoms with Gasteiger partial charge in [-0.1, -0.05) is 0 Å². The van der Waals surface area contributed by atoms with Crippen LogP contribution < -0.4 is 15.6 Å². The highest BCUT2D eigenvalue weighted by Crippen LogP contribution is 2.17. The summed E-state index contributed by atoms with van der Waals surface area (Å²) >= 11 is 0. The van der Waals surface area contributed by atoms with Gasteiger partial charge in [0.15, 0.2) is 0 Å². The molecule has 0 radical (unpaired) electrons. The number of nitrogens with one attached hydrogen (secondary N) is 1. The maximum Gasteiger partial charge on any atom is 0.251 e. The molecule has 22 heavy (non-hydrogen) atoms. The Kier molecular flexibility index (Phi) is 4.99. The van der Waals surface area contributed by atoms with Gasteiger partial charge in [-0.2, -0.15) is 0 Å². The summed E-state index contributed by atoms with van der Waals surface area (Å²) in [6.45, 7) is 6.05. The van der Waals surface area contributed by atoms with E-state index >= 15 is 0 Å². The Hall–Kier alpha value is -2.56. The van der Waals surface area contributed by atoms with E-state index in [1.807, 2.05) is 19.9 Å². The van der Waals surface area contributed by atoms with Crippen LogP contribution in [0.5, 0.6) is 5.75 Å². The normalized spacial score (nSPS) is 11.8. The van der Waals surface area contributed by atoms with Crippen LogP contribution >= 0.6 is 0 Å². The van der Waals surface area contributed by atoms with Gasteiger partial charge in [0.2, 0.25) is 5.91 Å². The van der Waals surface area contributed by atoms with Crippen LogP contribution in [0.25, 0.3) is 0 Å². The number of carbonyl (C=O) groups is 1. The van der Waals surface area contributed by atoms with Crippen molar-refractivity contribution in [3.63, 3.8) is 0 Å². The maximum atomic E-state index is 12.3. The van der Waals surface area contributed by atoms with Crippen LogP contribution in [0.15, 0.2) is 47.4 Å². The van der Waals surface area contributed by atoms with Gasteiger partial charge in [-0.05, 0) is 56.7 Å². The van der Waals surface area contributed by atoms with E-state index in [0.29, 0.717) is 12.3 Å². The molecule has 1 heterocycles. The van der Waals surface area contributed by atoms with Crippen molar-refractivity contribution in [1.82, 2.24) is 4.57 Å². The quantitative estimate of drug-likeness (QED) is 0.923. The van der Waals surface area contributed by atoms with Gasteiger partial charge in [0.1, 0.15) is 11.8 Å². The molecule has 0 fully saturated rings. The summed E-state index contributed by atoms with van der Waals surface area (Å²) in [5, 5.41) is 2.80. The predicted octanol–water partition coefficient (Wildman–Crippen LogP) is 2.76. The molecule has 0 saturated heterocycles. The average molecular weight is 300 g/mol. The number of amides is 1. The van der Waals surface area contributed by atoms with Gasteiger partial charge in [0, 0.05) is 18.0 Å². The molecule has 1 aromatic carbocycles. The van der Waals surface area contributed by atoms with E-state index in [2.05, 4.69) is 5.32 Å². The lowest BCUT2D eigenvalue weighted by molar-refractivity contribution is -0.118. The molecule has 0 saturated carbocycles. The monoisotopic (exact) mass is 300 g/mol. The summed E-state index contributed by atoms with van der Waals surface area (Å²) in [5.41, 5.74) is 1.36. The standard InChI is InChI=1S/C17H20N2O3/c1-4-22-15-7-5-14(6-8-15)18-17(21)13(3)19-10-9-12(2)11-16(19)20/h5-11,13H,4H2,1-3H3,(H,18,21). The number of hydrogen-bond acceptors (Lipinski definition) is 3. The first kappa shape index (κ1) is 15.8. The van der Waals surface area contributed by atoms with Crippen LogP contribution in [0.3, 0.4) is 0 Å². The molecule has 0 aliphatic rings. The van der Waals surface area contributed by atoms with E-state index in [9.17, 15) is 9.59 Å². The van der Waals surface area contributed by atoms with Crippen LogP contribution in [0.4, 0.5) is 5.69 Å². The number of hydrogen-bond donors (Lipinski definition) is 1. The second-order valence-corrected chi connectivity index (χ2v) is 5.07. The van der Waals surface area contributed by atoms with Crippen molar-refractivity contribution in [2.75, 3.05) is 11.9 Å². The van der Waals surface area contributed by atoms with Crippen molar-refractivity contribution in [3.8, 4) is 5.75 Å². The fourth-order valence-electron chi connectivity index (χ4n) is 2.08. The number of rotatable bonds is 5. The van der Waals surface area contributed by atoms with Crippen LogP contribution in [0.1, 0.15) is 25.5 Å². The number of benzene rings is 1. The van der Waals surface area contributed by atoms with Gasteiger partial charge in [0.25, 0.3) is 5.56 Å². The molecule has 0 bridgehead atoms. The van der Waals surface area contributed by atoms with Crippen LogP contribution in [0.2, 0.25) is 0 Å². The van der Waals surface area contributed by atoms with Gasteiger partial charge in [-0.15, -0.1) is 0 Å². The third kappa shape index (κ3) is 3.75. The lowest BCUT2D eigenvalue weighted by atomic mass is 10.2. The first-order valence-corrected chi connectivity index (χ1v) is 7.23. The second-order valence-electron chi connectivity index (χ2n) is 5.07. The molecular weight excluding hydrogens is 280 g/mol. The number of ether oxygens (including phenoxy) is 1. The van der Waals surface area contributed by atoms with Crippen LogP contribution in [-0.2, 0) is 4.79 Å². The van der Waals surface area contributed by atoms with Gasteiger partial charge in [-0.25, -0.2) is 0 Å². The van der Waals surface area contributed by atoms with Crippen molar-refractivity contribution < 1.29 is 9.53 Å². The van der Waals surface area contributed by atoms with Gasteiger partial charge in [0.05, 0.1) is 6.61 Å². The van der Waals surface area contributed by atoms with E-state index in [4.69, 9.17) is 4.74 Å². The van der Waals surface area contributed by atoms with Gasteiger partial charge in [-0.3, -0.25) is 9.59 Å². The highest BCUT2D eigenvalue weighted by Gasteiger charge is 2.16. The molecule has 5 heteroatoms. The van der Waals surface area contributed by atoms with Crippen LogP contribution in [0, 0.1) is 6.92 Å². The lowest BCUT2D eigenvalue weighted by Gasteiger charge is -2.15. The van der Waals surface area contributed by atoms with Crippen molar-refractivity contribution >= 4 is 11.6 Å². The molecule has 1 aromatic heterocycles. The smallest absolute Gasteiger partial charge is 0.251 e. The Bertz CT molecular complexity index is 705. The first-order valence-electron chi connectivity index (χ1n) is 7.23. The molecule has 116 valence electrons. The Morgan fingerprint density at radius 2 is 1.95 bits per heavy atom. The Morgan fingerprint density at radius 1 is 1.27 bits per heavy atom. The third-order valence-corrected chi connectivity index (χ3v) is 3.33. The molecule has 2 aromatic rings. The summed E-state index contributed by atoms with van der Waals surface area (Å²) in [7, 11) is 0. The van der Waals surface area contributed by atoms with E-state index in [1.165, 1.54) is 10.6 Å². The molecular formula is C17H20N2O3. The highest BCUT2D eigenvalue weighted by molar-refractivity contribution is 5.93. The fourth-order valence-corrected chi connectivity index (χ4v) is 2.08.